The monoisotopic (exact) mass is 332 g/mol. The van der Waals surface area contributed by atoms with Gasteiger partial charge in [0.05, 0.1) is 5.41 Å². The van der Waals surface area contributed by atoms with Crippen LogP contribution in [0, 0.1) is 0 Å². The first-order valence-corrected chi connectivity index (χ1v) is 7.64. The summed E-state index contributed by atoms with van der Waals surface area (Å²) < 4.78 is -0.894. The molecule has 0 bridgehead atoms. The summed E-state index contributed by atoms with van der Waals surface area (Å²) >= 11 is 12.6. The van der Waals surface area contributed by atoms with Gasteiger partial charge in [-0.25, -0.2) is 5.43 Å². The third-order valence-electron chi connectivity index (χ3n) is 3.80. The van der Waals surface area contributed by atoms with Gasteiger partial charge in [0.2, 0.25) is 0 Å². The fraction of sp³-hybridized carbons (Fsp3) is 0.176. The average Bonchev–Trinajstić information content (AvgIpc) is 3.11. The van der Waals surface area contributed by atoms with Gasteiger partial charge in [-0.3, -0.25) is 4.79 Å². The highest BCUT2D eigenvalue weighted by Crippen LogP contribution is 2.63. The van der Waals surface area contributed by atoms with Crippen LogP contribution in [0.4, 0.5) is 0 Å². The molecule has 0 saturated heterocycles. The number of carbonyl (C=O) groups excluding carboxylic acids is 1. The van der Waals surface area contributed by atoms with Gasteiger partial charge < -0.3 is 0 Å². The SMILES string of the molecule is O=C(N/N=C/C1(c2ccccc2)CC1(Cl)Cl)c1ccccc1. The van der Waals surface area contributed by atoms with Gasteiger partial charge in [0.1, 0.15) is 4.33 Å². The second kappa shape index (κ2) is 5.75. The van der Waals surface area contributed by atoms with E-state index in [1.54, 1.807) is 30.5 Å². The zero-order valence-corrected chi connectivity index (χ0v) is 13.2. The highest BCUT2D eigenvalue weighted by molar-refractivity contribution is 6.53. The third kappa shape index (κ3) is 2.74. The van der Waals surface area contributed by atoms with E-state index in [-0.39, 0.29) is 5.91 Å². The number of hydrogen-bond donors (Lipinski definition) is 1. The predicted octanol–water partition coefficient (Wildman–Crippen LogP) is 3.92. The number of halogens is 2. The molecule has 1 amide bonds. The summed E-state index contributed by atoms with van der Waals surface area (Å²) in [5.41, 5.74) is 3.49. The Kier molecular flexibility index (Phi) is 3.94. The van der Waals surface area contributed by atoms with E-state index in [0.29, 0.717) is 12.0 Å². The van der Waals surface area contributed by atoms with Crippen molar-refractivity contribution in [1.29, 1.82) is 0 Å². The molecule has 1 saturated carbocycles. The molecule has 2 aromatic rings. The zero-order chi connectivity index (χ0) is 15.6. The van der Waals surface area contributed by atoms with E-state index >= 15 is 0 Å². The Balaban J connectivity index is 1.75. The maximum Gasteiger partial charge on any atom is 0.271 e. The Morgan fingerprint density at radius 1 is 1.05 bits per heavy atom. The van der Waals surface area contributed by atoms with E-state index in [1.807, 2.05) is 36.4 Å². The molecule has 0 radical (unpaired) electrons. The number of amides is 1. The lowest BCUT2D eigenvalue weighted by Crippen LogP contribution is -2.22. The number of benzene rings is 2. The first-order valence-electron chi connectivity index (χ1n) is 6.88. The van der Waals surface area contributed by atoms with Crippen molar-refractivity contribution in [2.24, 2.45) is 5.10 Å². The van der Waals surface area contributed by atoms with Gasteiger partial charge >= 0.3 is 0 Å². The summed E-state index contributed by atoms with van der Waals surface area (Å²) in [4.78, 5) is 12.0. The quantitative estimate of drug-likeness (QED) is 0.514. The molecular weight excluding hydrogens is 319 g/mol. The molecule has 1 atom stereocenters. The minimum absolute atomic E-state index is 0.268. The van der Waals surface area contributed by atoms with Gasteiger partial charge in [0, 0.05) is 11.8 Å². The Morgan fingerprint density at radius 2 is 1.59 bits per heavy atom. The van der Waals surface area contributed by atoms with E-state index in [1.165, 1.54) is 0 Å². The lowest BCUT2D eigenvalue weighted by atomic mass is 9.97. The first-order chi connectivity index (χ1) is 10.6. The summed E-state index contributed by atoms with van der Waals surface area (Å²) in [6, 6.07) is 18.6. The van der Waals surface area contributed by atoms with Crippen LogP contribution in [-0.2, 0) is 5.41 Å². The number of rotatable bonds is 4. The molecular formula is C17H14Cl2N2O. The standard InChI is InChI=1S/C17H14Cl2N2O/c18-17(19)11-16(17,14-9-5-2-6-10-14)12-20-21-15(22)13-7-3-1-4-8-13/h1-10,12H,11H2,(H,21,22)/b20-12+. The Labute approximate surface area is 138 Å². The molecule has 22 heavy (non-hydrogen) atoms. The largest absolute Gasteiger partial charge is 0.271 e. The number of nitrogens with zero attached hydrogens (tertiary/aromatic N) is 1. The van der Waals surface area contributed by atoms with Crippen molar-refractivity contribution in [3.63, 3.8) is 0 Å². The lowest BCUT2D eigenvalue weighted by Gasteiger charge is -2.13. The number of nitrogens with one attached hydrogen (secondary N) is 1. The van der Waals surface area contributed by atoms with Crippen LogP contribution in [0.15, 0.2) is 65.8 Å². The maximum absolute atomic E-state index is 12.0. The van der Waals surface area contributed by atoms with Gasteiger partial charge in [-0.05, 0) is 24.1 Å². The molecule has 112 valence electrons. The predicted molar refractivity (Wildman–Crippen MR) is 89.6 cm³/mol. The molecule has 1 aliphatic rings. The van der Waals surface area contributed by atoms with Crippen LogP contribution in [0.5, 0.6) is 0 Å². The highest BCUT2D eigenvalue weighted by atomic mass is 35.5. The zero-order valence-electron chi connectivity index (χ0n) is 11.7. The van der Waals surface area contributed by atoms with Gasteiger partial charge in [-0.1, -0.05) is 48.5 Å². The maximum atomic E-state index is 12.0. The Bertz CT molecular complexity index is 701. The van der Waals surface area contributed by atoms with Crippen molar-refractivity contribution in [1.82, 2.24) is 5.43 Å². The lowest BCUT2D eigenvalue weighted by molar-refractivity contribution is 0.0955. The van der Waals surface area contributed by atoms with Crippen molar-refractivity contribution < 1.29 is 4.79 Å². The van der Waals surface area contributed by atoms with Crippen molar-refractivity contribution in [3.05, 3.63) is 71.8 Å². The molecule has 2 aromatic carbocycles. The summed E-state index contributed by atoms with van der Waals surface area (Å²) in [5.74, 6) is -0.268. The van der Waals surface area contributed by atoms with E-state index in [2.05, 4.69) is 10.5 Å². The van der Waals surface area contributed by atoms with E-state index < -0.39 is 9.75 Å². The minimum atomic E-state index is -0.894. The van der Waals surface area contributed by atoms with Gasteiger partial charge in [0.25, 0.3) is 5.91 Å². The van der Waals surface area contributed by atoms with Crippen molar-refractivity contribution >= 4 is 35.3 Å². The van der Waals surface area contributed by atoms with Crippen LogP contribution in [0.2, 0.25) is 0 Å². The second-order valence-electron chi connectivity index (χ2n) is 5.28. The van der Waals surface area contributed by atoms with E-state index in [4.69, 9.17) is 23.2 Å². The topological polar surface area (TPSA) is 41.5 Å². The molecule has 5 heteroatoms. The Morgan fingerprint density at radius 3 is 2.14 bits per heavy atom. The molecule has 3 nitrogen and oxygen atoms in total. The normalized spacial score (nSPS) is 22.5. The van der Waals surface area contributed by atoms with Crippen LogP contribution in [0.3, 0.4) is 0 Å². The Hall–Kier alpha value is -1.84. The fourth-order valence-electron chi connectivity index (χ4n) is 2.42. The van der Waals surface area contributed by atoms with Crippen LogP contribution >= 0.6 is 23.2 Å². The van der Waals surface area contributed by atoms with Crippen LogP contribution in [0.25, 0.3) is 0 Å². The van der Waals surface area contributed by atoms with Gasteiger partial charge in [0.15, 0.2) is 0 Å². The number of hydrazone groups is 1. The van der Waals surface area contributed by atoms with E-state index in [9.17, 15) is 4.79 Å². The highest BCUT2D eigenvalue weighted by Gasteiger charge is 2.66. The molecule has 1 fully saturated rings. The molecule has 0 heterocycles. The number of carbonyl (C=O) groups is 1. The summed E-state index contributed by atoms with van der Waals surface area (Å²) in [6.45, 7) is 0. The van der Waals surface area contributed by atoms with Crippen molar-refractivity contribution in [3.8, 4) is 0 Å². The molecule has 0 spiro atoms. The van der Waals surface area contributed by atoms with Crippen LogP contribution < -0.4 is 5.43 Å². The molecule has 3 rings (SSSR count). The molecule has 0 aromatic heterocycles. The van der Waals surface area contributed by atoms with Crippen molar-refractivity contribution in [2.45, 2.75) is 16.2 Å². The second-order valence-corrected chi connectivity index (χ2v) is 6.77. The molecule has 0 aliphatic heterocycles. The first kappa shape index (κ1) is 15.1. The van der Waals surface area contributed by atoms with Crippen LogP contribution in [-0.4, -0.2) is 16.5 Å². The van der Waals surface area contributed by atoms with Gasteiger partial charge in [-0.2, -0.15) is 5.10 Å². The molecule has 1 aliphatic carbocycles. The smallest absolute Gasteiger partial charge is 0.267 e. The molecule has 1 unspecified atom stereocenters. The summed E-state index contributed by atoms with van der Waals surface area (Å²) in [6.07, 6.45) is 2.20. The van der Waals surface area contributed by atoms with Crippen LogP contribution in [0.1, 0.15) is 22.3 Å². The molecule has 1 N–H and O–H groups in total. The summed E-state index contributed by atoms with van der Waals surface area (Å²) in [7, 11) is 0. The minimum Gasteiger partial charge on any atom is -0.267 e. The summed E-state index contributed by atoms with van der Waals surface area (Å²) in [5, 5.41) is 4.06. The van der Waals surface area contributed by atoms with E-state index in [0.717, 1.165) is 5.56 Å². The van der Waals surface area contributed by atoms with Crippen molar-refractivity contribution in [2.75, 3.05) is 0 Å². The average molecular weight is 333 g/mol. The van der Waals surface area contributed by atoms with Gasteiger partial charge in [-0.15, -0.1) is 23.2 Å². The number of hydrogen-bond acceptors (Lipinski definition) is 2. The number of alkyl halides is 2. The third-order valence-corrected chi connectivity index (χ3v) is 4.75. The fourth-order valence-corrected chi connectivity index (χ4v) is 3.16.